The van der Waals surface area contributed by atoms with Gasteiger partial charge in [0.1, 0.15) is 0 Å². The number of carbonyl (C=O) groups is 1. The van der Waals surface area contributed by atoms with Crippen molar-refractivity contribution in [3.8, 4) is 0 Å². The normalized spacial score (nSPS) is 14.9. The number of amides is 1. The van der Waals surface area contributed by atoms with Crippen LogP contribution >= 0.6 is 27.3 Å². The van der Waals surface area contributed by atoms with Crippen molar-refractivity contribution in [2.45, 2.75) is 6.42 Å². The van der Waals surface area contributed by atoms with Crippen LogP contribution in [0.3, 0.4) is 0 Å². The fraction of sp³-hybridized carbons (Fsp3) is 0.263. The molecule has 0 bridgehead atoms. The zero-order valence-electron chi connectivity index (χ0n) is 13.7. The van der Waals surface area contributed by atoms with E-state index in [4.69, 9.17) is 4.98 Å². The number of hydrogen-bond acceptors (Lipinski definition) is 4. The van der Waals surface area contributed by atoms with Crippen molar-refractivity contribution in [1.29, 1.82) is 0 Å². The molecule has 4 rings (SSSR count). The molecule has 2 heterocycles. The predicted molar refractivity (Wildman–Crippen MR) is 106 cm³/mol. The van der Waals surface area contributed by atoms with Crippen LogP contribution in [0, 0.1) is 0 Å². The van der Waals surface area contributed by atoms with E-state index in [1.807, 2.05) is 47.4 Å². The van der Waals surface area contributed by atoms with Gasteiger partial charge in [-0.2, -0.15) is 0 Å². The molecule has 0 radical (unpaired) electrons. The Kier molecular flexibility index (Phi) is 4.72. The Morgan fingerprint density at radius 2 is 1.84 bits per heavy atom. The zero-order valence-corrected chi connectivity index (χ0v) is 16.1. The molecule has 1 amide bonds. The highest BCUT2D eigenvalue weighted by Gasteiger charge is 2.23. The second-order valence-electron chi connectivity index (χ2n) is 6.14. The fourth-order valence-electron chi connectivity index (χ4n) is 3.05. The van der Waals surface area contributed by atoms with Gasteiger partial charge in [-0.25, -0.2) is 4.98 Å². The van der Waals surface area contributed by atoms with Crippen molar-refractivity contribution >= 4 is 48.5 Å². The summed E-state index contributed by atoms with van der Waals surface area (Å²) >= 11 is 5.22. The molecule has 1 aromatic heterocycles. The van der Waals surface area contributed by atoms with Gasteiger partial charge in [-0.05, 0) is 23.8 Å². The van der Waals surface area contributed by atoms with E-state index in [2.05, 4.69) is 26.9 Å². The van der Waals surface area contributed by atoms with E-state index in [-0.39, 0.29) is 5.91 Å². The first-order valence-electron chi connectivity index (χ1n) is 8.32. The Bertz CT molecular complexity index is 888. The van der Waals surface area contributed by atoms with Crippen LogP contribution in [0.5, 0.6) is 0 Å². The molecule has 1 aliphatic rings. The van der Waals surface area contributed by atoms with E-state index < -0.39 is 0 Å². The van der Waals surface area contributed by atoms with E-state index in [0.29, 0.717) is 6.42 Å². The highest BCUT2D eigenvalue weighted by Crippen LogP contribution is 2.31. The summed E-state index contributed by atoms with van der Waals surface area (Å²) in [5, 5.41) is 1.04. The lowest BCUT2D eigenvalue weighted by molar-refractivity contribution is -0.130. The molecule has 0 spiro atoms. The molecule has 1 fully saturated rings. The van der Waals surface area contributed by atoms with E-state index in [1.54, 1.807) is 11.3 Å². The maximum atomic E-state index is 12.5. The molecule has 6 heteroatoms. The SMILES string of the molecule is O=C(Cc1ccccc1)N1CCN(c2nc3ccc(Br)cc3s2)CC1. The van der Waals surface area contributed by atoms with Crippen molar-refractivity contribution in [2.75, 3.05) is 31.1 Å². The third-order valence-electron chi connectivity index (χ3n) is 4.44. The molecule has 2 aromatic carbocycles. The van der Waals surface area contributed by atoms with E-state index in [1.165, 1.54) is 4.70 Å². The number of halogens is 1. The molecule has 1 saturated heterocycles. The van der Waals surface area contributed by atoms with Gasteiger partial charge in [0.05, 0.1) is 16.6 Å². The number of anilines is 1. The topological polar surface area (TPSA) is 36.4 Å². The monoisotopic (exact) mass is 415 g/mol. The second-order valence-corrected chi connectivity index (χ2v) is 8.06. The molecular weight excluding hydrogens is 398 g/mol. The average molecular weight is 416 g/mol. The Balaban J connectivity index is 1.39. The lowest BCUT2D eigenvalue weighted by Crippen LogP contribution is -2.49. The summed E-state index contributed by atoms with van der Waals surface area (Å²) in [4.78, 5) is 21.5. The highest BCUT2D eigenvalue weighted by atomic mass is 79.9. The van der Waals surface area contributed by atoms with Gasteiger partial charge in [0.15, 0.2) is 5.13 Å². The molecule has 25 heavy (non-hydrogen) atoms. The number of rotatable bonds is 3. The number of carbonyl (C=O) groups excluding carboxylic acids is 1. The number of nitrogens with zero attached hydrogens (tertiary/aromatic N) is 3. The number of thiazole rings is 1. The minimum Gasteiger partial charge on any atom is -0.345 e. The van der Waals surface area contributed by atoms with Crippen molar-refractivity contribution in [3.63, 3.8) is 0 Å². The number of fused-ring (bicyclic) bond motifs is 1. The number of piperazine rings is 1. The van der Waals surface area contributed by atoms with Crippen molar-refractivity contribution in [3.05, 3.63) is 58.6 Å². The number of aromatic nitrogens is 1. The summed E-state index contributed by atoms with van der Waals surface area (Å²) in [6.07, 6.45) is 0.482. The molecule has 1 aliphatic heterocycles. The Hall–Kier alpha value is -1.92. The van der Waals surface area contributed by atoms with Crippen LogP contribution in [0.25, 0.3) is 10.2 Å². The van der Waals surface area contributed by atoms with Crippen LogP contribution in [0.4, 0.5) is 5.13 Å². The first-order chi connectivity index (χ1) is 12.2. The van der Waals surface area contributed by atoms with Gasteiger partial charge in [0, 0.05) is 30.7 Å². The molecule has 0 N–H and O–H groups in total. The van der Waals surface area contributed by atoms with Crippen molar-refractivity contribution in [2.24, 2.45) is 0 Å². The summed E-state index contributed by atoms with van der Waals surface area (Å²) in [5.74, 6) is 0.207. The van der Waals surface area contributed by atoms with Gasteiger partial charge < -0.3 is 9.80 Å². The minimum absolute atomic E-state index is 0.207. The molecule has 0 atom stereocenters. The molecule has 0 unspecified atom stereocenters. The summed E-state index contributed by atoms with van der Waals surface area (Å²) in [7, 11) is 0. The Labute approximate surface area is 159 Å². The fourth-order valence-corrected chi connectivity index (χ4v) is 4.62. The molecule has 0 aliphatic carbocycles. The highest BCUT2D eigenvalue weighted by molar-refractivity contribution is 9.10. The minimum atomic E-state index is 0.207. The Morgan fingerprint density at radius 1 is 1.08 bits per heavy atom. The third-order valence-corrected chi connectivity index (χ3v) is 6.01. The van der Waals surface area contributed by atoms with Crippen LogP contribution in [0.2, 0.25) is 0 Å². The van der Waals surface area contributed by atoms with Crippen LogP contribution in [-0.2, 0) is 11.2 Å². The lowest BCUT2D eigenvalue weighted by atomic mass is 10.1. The van der Waals surface area contributed by atoms with E-state index in [9.17, 15) is 4.79 Å². The lowest BCUT2D eigenvalue weighted by Gasteiger charge is -2.34. The van der Waals surface area contributed by atoms with Crippen LogP contribution in [-0.4, -0.2) is 42.0 Å². The smallest absolute Gasteiger partial charge is 0.227 e. The standard InChI is InChI=1S/C19H18BrN3OS/c20-15-6-7-16-17(13-15)25-19(21-16)23-10-8-22(9-11-23)18(24)12-14-4-2-1-3-5-14/h1-7,13H,8-12H2. The third kappa shape index (κ3) is 3.70. The average Bonchev–Trinajstić information content (AvgIpc) is 3.06. The van der Waals surface area contributed by atoms with Crippen LogP contribution < -0.4 is 4.90 Å². The summed E-state index contributed by atoms with van der Waals surface area (Å²) in [5.41, 5.74) is 2.11. The first-order valence-corrected chi connectivity index (χ1v) is 9.93. The van der Waals surface area contributed by atoms with Crippen LogP contribution in [0.15, 0.2) is 53.0 Å². The molecule has 4 nitrogen and oxygen atoms in total. The van der Waals surface area contributed by atoms with Gasteiger partial charge in [0.2, 0.25) is 5.91 Å². The van der Waals surface area contributed by atoms with Gasteiger partial charge in [-0.15, -0.1) is 0 Å². The maximum Gasteiger partial charge on any atom is 0.227 e. The van der Waals surface area contributed by atoms with Crippen molar-refractivity contribution < 1.29 is 4.79 Å². The first kappa shape index (κ1) is 16.5. The molecule has 0 saturated carbocycles. The van der Waals surface area contributed by atoms with Gasteiger partial charge in [0.25, 0.3) is 0 Å². The van der Waals surface area contributed by atoms with Gasteiger partial charge in [-0.3, -0.25) is 4.79 Å². The summed E-state index contributed by atoms with van der Waals surface area (Å²) in [6.45, 7) is 3.18. The number of benzene rings is 2. The summed E-state index contributed by atoms with van der Waals surface area (Å²) < 4.78 is 2.26. The molecular formula is C19H18BrN3OS. The zero-order chi connectivity index (χ0) is 17.2. The van der Waals surface area contributed by atoms with Crippen molar-refractivity contribution in [1.82, 2.24) is 9.88 Å². The van der Waals surface area contributed by atoms with E-state index in [0.717, 1.165) is 46.9 Å². The largest absolute Gasteiger partial charge is 0.345 e. The van der Waals surface area contributed by atoms with Gasteiger partial charge in [-0.1, -0.05) is 57.6 Å². The predicted octanol–water partition coefficient (Wildman–Crippen LogP) is 3.95. The van der Waals surface area contributed by atoms with Crippen LogP contribution in [0.1, 0.15) is 5.56 Å². The quantitative estimate of drug-likeness (QED) is 0.649. The molecule has 128 valence electrons. The summed E-state index contributed by atoms with van der Waals surface area (Å²) in [6, 6.07) is 16.1. The number of hydrogen-bond donors (Lipinski definition) is 0. The maximum absolute atomic E-state index is 12.5. The van der Waals surface area contributed by atoms with Gasteiger partial charge >= 0.3 is 0 Å². The van der Waals surface area contributed by atoms with E-state index >= 15 is 0 Å². The molecule has 3 aromatic rings. The Morgan fingerprint density at radius 3 is 2.60 bits per heavy atom. The second kappa shape index (κ2) is 7.14.